The Morgan fingerprint density at radius 1 is 0.667 bits per heavy atom. The number of nitrogens with zero attached hydrogens (tertiary/aromatic N) is 1. The molecule has 0 saturated heterocycles. The molecule has 0 N–H and O–H groups in total. The van der Waals surface area contributed by atoms with Crippen molar-refractivity contribution in [3.8, 4) is 28.0 Å². The van der Waals surface area contributed by atoms with Crippen LogP contribution in [0.25, 0.3) is 22.3 Å². The molecular formula is C24H18ClNO. The van der Waals surface area contributed by atoms with Gasteiger partial charge in [-0.15, -0.1) is 0 Å². The Morgan fingerprint density at radius 3 is 2.07 bits per heavy atom. The van der Waals surface area contributed by atoms with E-state index in [1.54, 1.807) is 6.20 Å². The van der Waals surface area contributed by atoms with E-state index in [-0.39, 0.29) is 0 Å². The van der Waals surface area contributed by atoms with Gasteiger partial charge in [-0.2, -0.15) is 0 Å². The van der Waals surface area contributed by atoms with Crippen molar-refractivity contribution in [1.29, 1.82) is 0 Å². The molecule has 0 spiro atoms. The average molecular weight is 372 g/mol. The van der Waals surface area contributed by atoms with E-state index in [4.69, 9.17) is 16.3 Å². The quantitative estimate of drug-likeness (QED) is 0.392. The van der Waals surface area contributed by atoms with E-state index >= 15 is 0 Å². The SMILES string of the molecule is Clc1ccc(-c2cccnc2COc2ccc(-c3ccccc3)cc2)cc1. The van der Waals surface area contributed by atoms with Crippen LogP contribution in [0.5, 0.6) is 5.75 Å². The third-order valence-corrected chi connectivity index (χ3v) is 4.63. The Labute approximate surface area is 164 Å². The van der Waals surface area contributed by atoms with Crippen LogP contribution in [-0.4, -0.2) is 4.98 Å². The van der Waals surface area contributed by atoms with Crippen LogP contribution in [0, 0.1) is 0 Å². The normalized spacial score (nSPS) is 10.6. The lowest BCUT2D eigenvalue weighted by Crippen LogP contribution is -2.00. The second-order valence-corrected chi connectivity index (χ2v) is 6.62. The summed E-state index contributed by atoms with van der Waals surface area (Å²) in [5, 5.41) is 0.721. The summed E-state index contributed by atoms with van der Waals surface area (Å²) in [6, 6.07) is 30.2. The van der Waals surface area contributed by atoms with Crippen LogP contribution in [0.3, 0.4) is 0 Å². The first-order valence-corrected chi connectivity index (χ1v) is 9.15. The Kier molecular flexibility index (Phi) is 5.17. The molecule has 0 aliphatic heterocycles. The first-order valence-electron chi connectivity index (χ1n) is 8.78. The average Bonchev–Trinajstić information content (AvgIpc) is 2.74. The van der Waals surface area contributed by atoms with Crippen molar-refractivity contribution >= 4 is 11.6 Å². The smallest absolute Gasteiger partial charge is 0.131 e. The van der Waals surface area contributed by atoms with E-state index in [2.05, 4.69) is 29.2 Å². The zero-order valence-corrected chi connectivity index (χ0v) is 15.4. The van der Waals surface area contributed by atoms with Gasteiger partial charge in [0.2, 0.25) is 0 Å². The first-order chi connectivity index (χ1) is 13.3. The Morgan fingerprint density at radius 2 is 1.33 bits per heavy atom. The third-order valence-electron chi connectivity index (χ3n) is 4.38. The lowest BCUT2D eigenvalue weighted by Gasteiger charge is -2.11. The van der Waals surface area contributed by atoms with E-state index in [1.165, 1.54) is 11.1 Å². The van der Waals surface area contributed by atoms with Gasteiger partial charge in [-0.3, -0.25) is 4.98 Å². The van der Waals surface area contributed by atoms with E-state index in [9.17, 15) is 0 Å². The Hall–Kier alpha value is -3.10. The number of halogens is 1. The summed E-state index contributed by atoms with van der Waals surface area (Å²) in [6.45, 7) is 0.406. The number of hydrogen-bond donors (Lipinski definition) is 0. The van der Waals surface area contributed by atoms with Crippen LogP contribution >= 0.6 is 11.6 Å². The monoisotopic (exact) mass is 371 g/mol. The number of benzene rings is 3. The van der Waals surface area contributed by atoms with Crippen molar-refractivity contribution in [1.82, 2.24) is 4.98 Å². The van der Waals surface area contributed by atoms with Crippen LogP contribution in [0.15, 0.2) is 97.2 Å². The molecule has 0 aliphatic rings. The first kappa shape index (κ1) is 17.3. The predicted octanol–water partition coefficient (Wildman–Crippen LogP) is 6.65. The molecule has 132 valence electrons. The fourth-order valence-corrected chi connectivity index (χ4v) is 3.10. The molecule has 0 atom stereocenters. The highest BCUT2D eigenvalue weighted by Gasteiger charge is 2.07. The zero-order valence-electron chi connectivity index (χ0n) is 14.7. The highest BCUT2D eigenvalue weighted by atomic mass is 35.5. The summed E-state index contributed by atoms with van der Waals surface area (Å²) in [6.07, 6.45) is 1.79. The van der Waals surface area contributed by atoms with E-state index in [0.717, 1.165) is 27.6 Å². The van der Waals surface area contributed by atoms with Crippen LogP contribution in [0.2, 0.25) is 5.02 Å². The zero-order chi connectivity index (χ0) is 18.5. The van der Waals surface area contributed by atoms with E-state index in [1.807, 2.05) is 66.7 Å². The van der Waals surface area contributed by atoms with Gasteiger partial charge in [0, 0.05) is 16.8 Å². The largest absolute Gasteiger partial charge is 0.487 e. The number of pyridine rings is 1. The summed E-state index contributed by atoms with van der Waals surface area (Å²) in [4.78, 5) is 4.50. The van der Waals surface area contributed by atoms with Gasteiger partial charge in [0.05, 0.1) is 5.69 Å². The molecule has 0 saturated carbocycles. The maximum atomic E-state index is 6.00. The van der Waals surface area contributed by atoms with Gasteiger partial charge in [0.25, 0.3) is 0 Å². The number of rotatable bonds is 5. The van der Waals surface area contributed by atoms with Gasteiger partial charge >= 0.3 is 0 Å². The maximum absolute atomic E-state index is 6.00. The van der Waals surface area contributed by atoms with Crippen LogP contribution in [0.4, 0.5) is 0 Å². The van der Waals surface area contributed by atoms with Crippen molar-refractivity contribution in [2.24, 2.45) is 0 Å². The van der Waals surface area contributed by atoms with Crippen LogP contribution in [-0.2, 0) is 6.61 Å². The lowest BCUT2D eigenvalue weighted by atomic mass is 10.0. The topological polar surface area (TPSA) is 22.1 Å². The minimum Gasteiger partial charge on any atom is -0.487 e. The predicted molar refractivity (Wildman–Crippen MR) is 111 cm³/mol. The summed E-state index contributed by atoms with van der Waals surface area (Å²) in [5.74, 6) is 0.822. The van der Waals surface area contributed by atoms with Crippen molar-refractivity contribution in [2.75, 3.05) is 0 Å². The molecule has 4 aromatic rings. The standard InChI is InChI=1S/C24H18ClNO/c25-21-12-8-20(9-13-21)23-7-4-16-26-24(23)17-27-22-14-10-19(11-15-22)18-5-2-1-3-6-18/h1-16H,17H2. The van der Waals surface area contributed by atoms with Crippen LogP contribution < -0.4 is 4.74 Å². The highest BCUT2D eigenvalue weighted by molar-refractivity contribution is 6.30. The van der Waals surface area contributed by atoms with Gasteiger partial charge in [0.1, 0.15) is 12.4 Å². The van der Waals surface area contributed by atoms with Gasteiger partial charge < -0.3 is 4.74 Å². The molecule has 27 heavy (non-hydrogen) atoms. The Bertz CT molecular complexity index is 1010. The summed E-state index contributed by atoms with van der Waals surface area (Å²) < 4.78 is 5.98. The van der Waals surface area contributed by atoms with Crippen LogP contribution in [0.1, 0.15) is 5.69 Å². The second kappa shape index (κ2) is 8.07. The molecule has 0 fully saturated rings. The maximum Gasteiger partial charge on any atom is 0.131 e. The molecule has 0 radical (unpaired) electrons. The van der Waals surface area contributed by atoms with Crippen molar-refractivity contribution in [3.63, 3.8) is 0 Å². The molecule has 3 aromatic carbocycles. The van der Waals surface area contributed by atoms with Gasteiger partial charge in [-0.1, -0.05) is 72.3 Å². The fraction of sp³-hybridized carbons (Fsp3) is 0.0417. The fourth-order valence-electron chi connectivity index (χ4n) is 2.97. The van der Waals surface area contributed by atoms with Gasteiger partial charge in [0.15, 0.2) is 0 Å². The molecule has 1 heterocycles. The van der Waals surface area contributed by atoms with Crippen molar-refractivity contribution in [2.45, 2.75) is 6.61 Å². The summed E-state index contributed by atoms with van der Waals surface area (Å²) >= 11 is 6.00. The van der Waals surface area contributed by atoms with E-state index in [0.29, 0.717) is 6.61 Å². The summed E-state index contributed by atoms with van der Waals surface area (Å²) in [5.41, 5.74) is 5.38. The number of aromatic nitrogens is 1. The molecule has 0 bridgehead atoms. The molecule has 0 amide bonds. The summed E-state index contributed by atoms with van der Waals surface area (Å²) in [7, 11) is 0. The molecule has 4 rings (SSSR count). The van der Waals surface area contributed by atoms with E-state index < -0.39 is 0 Å². The molecule has 0 aliphatic carbocycles. The highest BCUT2D eigenvalue weighted by Crippen LogP contribution is 2.26. The van der Waals surface area contributed by atoms with Gasteiger partial charge in [-0.25, -0.2) is 0 Å². The molecular weight excluding hydrogens is 354 g/mol. The Balaban J connectivity index is 1.50. The number of hydrogen-bond acceptors (Lipinski definition) is 2. The third kappa shape index (κ3) is 4.18. The number of ether oxygens (including phenoxy) is 1. The second-order valence-electron chi connectivity index (χ2n) is 6.18. The molecule has 1 aromatic heterocycles. The molecule has 2 nitrogen and oxygen atoms in total. The molecule has 0 unspecified atom stereocenters. The van der Waals surface area contributed by atoms with Gasteiger partial charge in [-0.05, 0) is 47.0 Å². The molecule has 3 heteroatoms. The van der Waals surface area contributed by atoms with Crippen molar-refractivity contribution in [3.05, 3.63) is 108 Å². The lowest BCUT2D eigenvalue weighted by molar-refractivity contribution is 0.302. The minimum atomic E-state index is 0.406. The van der Waals surface area contributed by atoms with Crippen molar-refractivity contribution < 1.29 is 4.74 Å². The minimum absolute atomic E-state index is 0.406.